The molecule has 92 valence electrons. The number of nitrogens with one attached hydrogen (secondary N) is 1. The van der Waals surface area contributed by atoms with Gasteiger partial charge in [-0.2, -0.15) is 0 Å². The SMILES string of the molecule is CNc1nnc(-c2cc3ccc(Br)cc3n2C)o1. The molecular weight excluding hydrogens is 296 g/mol. The van der Waals surface area contributed by atoms with Crippen LogP contribution in [0.3, 0.4) is 0 Å². The van der Waals surface area contributed by atoms with Crippen LogP contribution >= 0.6 is 15.9 Å². The molecule has 0 saturated carbocycles. The molecule has 0 aliphatic heterocycles. The van der Waals surface area contributed by atoms with E-state index in [2.05, 4.69) is 43.6 Å². The van der Waals surface area contributed by atoms with Crippen molar-refractivity contribution in [3.8, 4) is 11.6 Å². The predicted molar refractivity (Wildman–Crippen MR) is 73.5 cm³/mol. The van der Waals surface area contributed by atoms with Crippen molar-refractivity contribution in [2.75, 3.05) is 12.4 Å². The van der Waals surface area contributed by atoms with Gasteiger partial charge in [-0.05, 0) is 18.2 Å². The van der Waals surface area contributed by atoms with Crippen LogP contribution in [0.25, 0.3) is 22.5 Å². The lowest BCUT2D eigenvalue weighted by Crippen LogP contribution is -1.91. The predicted octanol–water partition coefficient (Wildman–Crippen LogP) is 3.03. The fraction of sp³-hybridized carbons (Fsp3) is 0.167. The molecule has 18 heavy (non-hydrogen) atoms. The number of aromatic nitrogens is 3. The highest BCUT2D eigenvalue weighted by Gasteiger charge is 2.13. The zero-order valence-corrected chi connectivity index (χ0v) is 11.5. The Kier molecular flexibility index (Phi) is 2.59. The second kappa shape index (κ2) is 4.13. The van der Waals surface area contributed by atoms with Gasteiger partial charge in [0.2, 0.25) is 0 Å². The summed E-state index contributed by atoms with van der Waals surface area (Å²) in [7, 11) is 3.73. The largest absolute Gasteiger partial charge is 0.402 e. The van der Waals surface area contributed by atoms with Gasteiger partial charge in [-0.15, -0.1) is 5.10 Å². The van der Waals surface area contributed by atoms with E-state index in [-0.39, 0.29) is 0 Å². The lowest BCUT2D eigenvalue weighted by atomic mass is 10.2. The summed E-state index contributed by atoms with van der Waals surface area (Å²) in [6, 6.07) is 8.58. The van der Waals surface area contributed by atoms with E-state index in [0.29, 0.717) is 11.9 Å². The third kappa shape index (κ3) is 1.69. The molecule has 0 fully saturated rings. The van der Waals surface area contributed by atoms with Crippen LogP contribution in [-0.2, 0) is 7.05 Å². The molecule has 3 rings (SSSR count). The first-order chi connectivity index (χ1) is 8.69. The van der Waals surface area contributed by atoms with Gasteiger partial charge in [-0.1, -0.05) is 27.1 Å². The molecule has 0 radical (unpaired) electrons. The number of halogens is 1. The zero-order valence-electron chi connectivity index (χ0n) is 9.94. The first-order valence-corrected chi connectivity index (χ1v) is 6.25. The van der Waals surface area contributed by atoms with Gasteiger partial charge in [0.25, 0.3) is 5.89 Å². The number of hydrogen-bond donors (Lipinski definition) is 1. The van der Waals surface area contributed by atoms with E-state index in [0.717, 1.165) is 21.1 Å². The Hall–Kier alpha value is -1.82. The number of benzene rings is 1. The van der Waals surface area contributed by atoms with E-state index in [4.69, 9.17) is 4.42 Å². The molecule has 2 aromatic heterocycles. The van der Waals surface area contributed by atoms with Crippen LogP contribution in [0, 0.1) is 0 Å². The van der Waals surface area contributed by atoms with Crippen molar-refractivity contribution in [1.29, 1.82) is 0 Å². The van der Waals surface area contributed by atoms with Gasteiger partial charge in [0.1, 0.15) is 5.69 Å². The highest BCUT2D eigenvalue weighted by molar-refractivity contribution is 9.10. The molecule has 0 amide bonds. The minimum atomic E-state index is 0.413. The van der Waals surface area contributed by atoms with Crippen molar-refractivity contribution < 1.29 is 4.42 Å². The van der Waals surface area contributed by atoms with Gasteiger partial charge >= 0.3 is 6.01 Å². The monoisotopic (exact) mass is 306 g/mol. The molecule has 5 nitrogen and oxygen atoms in total. The highest BCUT2D eigenvalue weighted by Crippen LogP contribution is 2.28. The molecule has 0 aliphatic rings. The van der Waals surface area contributed by atoms with Crippen molar-refractivity contribution >= 4 is 32.8 Å². The minimum Gasteiger partial charge on any atom is -0.402 e. The average Bonchev–Trinajstić information content (AvgIpc) is 2.95. The number of aryl methyl sites for hydroxylation is 1. The van der Waals surface area contributed by atoms with Crippen LogP contribution in [0.1, 0.15) is 0 Å². The van der Waals surface area contributed by atoms with Crippen LogP contribution in [0.5, 0.6) is 0 Å². The fourth-order valence-electron chi connectivity index (χ4n) is 1.94. The lowest BCUT2D eigenvalue weighted by Gasteiger charge is -1.99. The Labute approximate surface area is 112 Å². The van der Waals surface area contributed by atoms with Gasteiger partial charge in [0.05, 0.1) is 0 Å². The van der Waals surface area contributed by atoms with Gasteiger partial charge < -0.3 is 14.3 Å². The molecule has 0 atom stereocenters. The molecule has 0 spiro atoms. The topological polar surface area (TPSA) is 55.9 Å². The van der Waals surface area contributed by atoms with Crippen molar-refractivity contribution in [3.63, 3.8) is 0 Å². The summed E-state index contributed by atoms with van der Waals surface area (Å²) < 4.78 is 8.57. The summed E-state index contributed by atoms with van der Waals surface area (Å²) in [4.78, 5) is 0. The maximum atomic E-state index is 5.49. The Balaban J connectivity index is 2.20. The summed E-state index contributed by atoms with van der Waals surface area (Å²) in [6.07, 6.45) is 0. The van der Waals surface area contributed by atoms with E-state index in [1.165, 1.54) is 0 Å². The summed E-state index contributed by atoms with van der Waals surface area (Å²) in [5, 5.41) is 11.9. The zero-order chi connectivity index (χ0) is 12.7. The van der Waals surface area contributed by atoms with Crippen LogP contribution in [0.2, 0.25) is 0 Å². The third-order valence-corrected chi connectivity index (χ3v) is 3.36. The van der Waals surface area contributed by atoms with Crippen LogP contribution in [-0.4, -0.2) is 21.8 Å². The molecule has 6 heteroatoms. The van der Waals surface area contributed by atoms with Crippen LogP contribution in [0.4, 0.5) is 6.01 Å². The van der Waals surface area contributed by atoms with Gasteiger partial charge in [-0.25, -0.2) is 0 Å². The van der Waals surface area contributed by atoms with Crippen LogP contribution in [0.15, 0.2) is 33.2 Å². The summed E-state index contributed by atoms with van der Waals surface area (Å²) in [5.74, 6) is 0.508. The van der Waals surface area contributed by atoms with E-state index in [1.807, 2.05) is 23.7 Å². The van der Waals surface area contributed by atoms with Gasteiger partial charge in [-0.3, -0.25) is 0 Å². The van der Waals surface area contributed by atoms with E-state index in [9.17, 15) is 0 Å². The smallest absolute Gasteiger partial charge is 0.315 e. The Bertz CT molecular complexity index is 716. The van der Waals surface area contributed by atoms with Crippen molar-refractivity contribution in [2.24, 2.45) is 7.05 Å². The fourth-order valence-corrected chi connectivity index (χ4v) is 2.29. The quantitative estimate of drug-likeness (QED) is 0.790. The third-order valence-electron chi connectivity index (χ3n) is 2.87. The van der Waals surface area contributed by atoms with Crippen molar-refractivity contribution in [3.05, 3.63) is 28.7 Å². The normalized spacial score (nSPS) is 11.1. The van der Waals surface area contributed by atoms with Crippen molar-refractivity contribution in [2.45, 2.75) is 0 Å². The number of hydrogen-bond acceptors (Lipinski definition) is 4. The summed E-state index contributed by atoms with van der Waals surface area (Å²) >= 11 is 3.47. The number of anilines is 1. The number of rotatable bonds is 2. The molecule has 0 bridgehead atoms. The van der Waals surface area contributed by atoms with Crippen LogP contribution < -0.4 is 5.32 Å². The van der Waals surface area contributed by atoms with Crippen molar-refractivity contribution in [1.82, 2.24) is 14.8 Å². The average molecular weight is 307 g/mol. The maximum Gasteiger partial charge on any atom is 0.315 e. The van der Waals surface area contributed by atoms with E-state index < -0.39 is 0 Å². The molecule has 0 unspecified atom stereocenters. The minimum absolute atomic E-state index is 0.413. The Morgan fingerprint density at radius 2 is 2.11 bits per heavy atom. The second-order valence-corrected chi connectivity index (χ2v) is 4.87. The second-order valence-electron chi connectivity index (χ2n) is 3.95. The number of fused-ring (bicyclic) bond motifs is 1. The standard InChI is InChI=1S/C12H11BrN4O/c1-14-12-16-15-11(18-12)10-5-7-3-4-8(13)6-9(7)17(10)2/h3-6H,1-2H3,(H,14,16). The molecular formula is C12H11BrN4O. The molecule has 3 aromatic rings. The van der Waals surface area contributed by atoms with Gasteiger partial charge in [0.15, 0.2) is 0 Å². The first kappa shape index (κ1) is 11.3. The van der Waals surface area contributed by atoms with E-state index >= 15 is 0 Å². The molecule has 2 heterocycles. The molecule has 1 aromatic carbocycles. The number of nitrogens with zero attached hydrogens (tertiary/aromatic N) is 3. The summed E-state index contributed by atoms with van der Waals surface area (Å²) in [6.45, 7) is 0. The molecule has 1 N–H and O–H groups in total. The first-order valence-electron chi connectivity index (χ1n) is 5.45. The molecule has 0 aliphatic carbocycles. The molecule has 0 saturated heterocycles. The van der Waals surface area contributed by atoms with Gasteiger partial charge in [0, 0.05) is 29.5 Å². The maximum absolute atomic E-state index is 5.49. The Morgan fingerprint density at radius 3 is 2.83 bits per heavy atom. The Morgan fingerprint density at radius 1 is 1.28 bits per heavy atom. The lowest BCUT2D eigenvalue weighted by molar-refractivity contribution is 0.580. The summed E-state index contributed by atoms with van der Waals surface area (Å²) in [5.41, 5.74) is 2.01. The van der Waals surface area contributed by atoms with E-state index in [1.54, 1.807) is 7.05 Å². The highest BCUT2D eigenvalue weighted by atomic mass is 79.9.